The van der Waals surface area contributed by atoms with Gasteiger partial charge in [-0.2, -0.15) is 5.10 Å². The number of hydrogen-bond acceptors (Lipinski definition) is 6. The molecule has 2 aromatic rings. The molecular weight excluding hydrogens is 394 g/mol. The van der Waals surface area contributed by atoms with Crippen LogP contribution in [0.5, 0.6) is 11.5 Å². The van der Waals surface area contributed by atoms with Gasteiger partial charge in [-0.15, -0.1) is 0 Å². The van der Waals surface area contributed by atoms with Gasteiger partial charge in [0.2, 0.25) is 0 Å². The molecule has 2 aliphatic heterocycles. The highest BCUT2D eigenvalue weighted by Crippen LogP contribution is 2.41. The van der Waals surface area contributed by atoms with Crippen LogP contribution in [0.1, 0.15) is 37.6 Å². The highest BCUT2D eigenvalue weighted by Gasteiger charge is 2.33. The summed E-state index contributed by atoms with van der Waals surface area (Å²) in [7, 11) is -3.05. The summed E-state index contributed by atoms with van der Waals surface area (Å²) in [5, 5.41) is 7.16. The first kappa shape index (κ1) is 19.8. The molecule has 0 aliphatic carbocycles. The minimum Gasteiger partial charge on any atom is -0.483 e. The number of sulfone groups is 1. The van der Waals surface area contributed by atoms with Crippen molar-refractivity contribution in [2.45, 2.75) is 45.3 Å². The Balaban J connectivity index is 1.43. The Hall–Kier alpha value is -2.55. The number of amides is 1. The molecule has 1 fully saturated rings. The molecule has 4 rings (SSSR count). The summed E-state index contributed by atoms with van der Waals surface area (Å²) >= 11 is 0. The molecule has 0 bridgehead atoms. The van der Waals surface area contributed by atoms with Gasteiger partial charge in [0.15, 0.2) is 27.9 Å². The van der Waals surface area contributed by atoms with Crippen molar-refractivity contribution < 1.29 is 22.7 Å². The summed E-state index contributed by atoms with van der Waals surface area (Å²) < 4.78 is 36.9. The lowest BCUT2D eigenvalue weighted by atomic mass is 10.0. The van der Waals surface area contributed by atoms with Crippen LogP contribution in [-0.2, 0) is 21.1 Å². The third-order valence-corrected chi connectivity index (χ3v) is 6.84. The molecule has 1 aromatic carbocycles. The van der Waals surface area contributed by atoms with E-state index in [0.717, 1.165) is 12.0 Å². The summed E-state index contributed by atoms with van der Waals surface area (Å²) in [5.74, 6) is 1.53. The topological polar surface area (TPSA) is 99.5 Å². The Bertz CT molecular complexity index is 1060. The zero-order valence-corrected chi connectivity index (χ0v) is 17.6. The molecule has 0 radical (unpaired) electrons. The number of ether oxygens (including phenoxy) is 2. The smallest absolute Gasteiger partial charge is 0.263 e. The number of carbonyl (C=O) groups excluding carboxylic acids is 1. The Kier molecular flexibility index (Phi) is 4.80. The van der Waals surface area contributed by atoms with Crippen LogP contribution in [-0.4, -0.2) is 47.8 Å². The minimum atomic E-state index is -3.05. The van der Waals surface area contributed by atoms with Gasteiger partial charge in [-0.3, -0.25) is 4.79 Å². The van der Waals surface area contributed by atoms with Gasteiger partial charge < -0.3 is 14.8 Å². The van der Waals surface area contributed by atoms with E-state index in [4.69, 9.17) is 9.47 Å². The first-order valence-electron chi connectivity index (χ1n) is 9.62. The number of benzene rings is 1. The van der Waals surface area contributed by atoms with Gasteiger partial charge in [-0.05, 0) is 33.3 Å². The first-order valence-corrected chi connectivity index (χ1v) is 11.4. The maximum absolute atomic E-state index is 12.5. The summed E-state index contributed by atoms with van der Waals surface area (Å²) in [5.41, 5.74) is 1.47. The van der Waals surface area contributed by atoms with Crippen LogP contribution in [0.15, 0.2) is 24.3 Å². The van der Waals surface area contributed by atoms with Gasteiger partial charge in [0.1, 0.15) is 11.4 Å². The Morgan fingerprint density at radius 2 is 2.21 bits per heavy atom. The monoisotopic (exact) mass is 419 g/mol. The fourth-order valence-electron chi connectivity index (χ4n) is 3.88. The van der Waals surface area contributed by atoms with Crippen molar-refractivity contribution in [3.8, 4) is 11.5 Å². The van der Waals surface area contributed by atoms with E-state index < -0.39 is 9.84 Å². The van der Waals surface area contributed by atoms with Crippen molar-refractivity contribution in [1.29, 1.82) is 0 Å². The number of carbonyl (C=O) groups is 1. The quantitative estimate of drug-likeness (QED) is 0.798. The summed E-state index contributed by atoms with van der Waals surface area (Å²) in [6.45, 7) is 5.64. The van der Waals surface area contributed by atoms with Gasteiger partial charge in [-0.1, -0.05) is 12.1 Å². The van der Waals surface area contributed by atoms with E-state index in [2.05, 4.69) is 10.4 Å². The third kappa shape index (κ3) is 4.24. The molecule has 3 heterocycles. The van der Waals surface area contributed by atoms with Crippen molar-refractivity contribution in [1.82, 2.24) is 9.78 Å². The molecule has 1 N–H and O–H groups in total. The van der Waals surface area contributed by atoms with Crippen LogP contribution < -0.4 is 14.8 Å². The van der Waals surface area contributed by atoms with Crippen molar-refractivity contribution in [3.63, 3.8) is 0 Å². The highest BCUT2D eigenvalue weighted by molar-refractivity contribution is 7.91. The number of nitrogens with one attached hydrogen (secondary N) is 1. The SMILES string of the molecule is Cc1cc(NC(=O)COc2cccc3c2OC(C)(C)C3)n(C2CCS(=O)(=O)C2)n1. The zero-order chi connectivity index (χ0) is 20.8. The van der Waals surface area contributed by atoms with E-state index in [-0.39, 0.29) is 35.7 Å². The van der Waals surface area contributed by atoms with Crippen LogP contribution in [0.2, 0.25) is 0 Å². The van der Waals surface area contributed by atoms with Gasteiger partial charge in [0, 0.05) is 18.1 Å². The number of rotatable bonds is 5. The van der Waals surface area contributed by atoms with Gasteiger partial charge in [0.05, 0.1) is 23.2 Å². The molecule has 1 saturated heterocycles. The van der Waals surface area contributed by atoms with Gasteiger partial charge in [0.25, 0.3) is 5.91 Å². The van der Waals surface area contributed by atoms with Crippen LogP contribution in [0.3, 0.4) is 0 Å². The molecule has 1 unspecified atom stereocenters. The fraction of sp³-hybridized carbons (Fsp3) is 0.500. The van der Waals surface area contributed by atoms with E-state index >= 15 is 0 Å². The second kappa shape index (κ2) is 7.05. The number of fused-ring (bicyclic) bond motifs is 1. The van der Waals surface area contributed by atoms with Gasteiger partial charge >= 0.3 is 0 Å². The predicted octanol–water partition coefficient (Wildman–Crippen LogP) is 2.28. The van der Waals surface area contributed by atoms with Gasteiger partial charge in [-0.25, -0.2) is 13.1 Å². The standard InChI is InChI=1S/C20H25N3O5S/c1-13-9-17(23(22-13)15-7-8-29(25,26)12-15)21-18(24)11-27-16-6-4-5-14-10-20(2,3)28-19(14)16/h4-6,9,15H,7-8,10-12H2,1-3H3,(H,21,24). The lowest BCUT2D eigenvalue weighted by molar-refractivity contribution is -0.118. The number of hydrogen-bond donors (Lipinski definition) is 1. The average Bonchev–Trinajstić information content (AvgIpc) is 3.26. The molecular formula is C20H25N3O5S. The fourth-order valence-corrected chi connectivity index (χ4v) is 5.57. The van der Waals surface area contributed by atoms with Crippen molar-refractivity contribution in [2.24, 2.45) is 0 Å². The number of para-hydroxylation sites is 1. The molecule has 29 heavy (non-hydrogen) atoms. The van der Waals surface area contributed by atoms with E-state index in [9.17, 15) is 13.2 Å². The number of anilines is 1. The molecule has 0 saturated carbocycles. The lowest BCUT2D eigenvalue weighted by Crippen LogP contribution is -2.25. The molecule has 8 nitrogen and oxygen atoms in total. The molecule has 1 atom stereocenters. The van der Waals surface area contributed by atoms with E-state index in [0.29, 0.717) is 29.4 Å². The Labute approximate surface area is 170 Å². The average molecular weight is 420 g/mol. The van der Waals surface area contributed by atoms with E-state index in [1.165, 1.54) is 0 Å². The normalized spacial score (nSPS) is 21.4. The number of aryl methyl sites for hydroxylation is 1. The first-order chi connectivity index (χ1) is 13.6. The maximum atomic E-state index is 12.5. The van der Waals surface area contributed by atoms with Crippen molar-refractivity contribution in [2.75, 3.05) is 23.4 Å². The largest absolute Gasteiger partial charge is 0.483 e. The molecule has 156 valence electrons. The molecule has 0 spiro atoms. The van der Waals surface area contributed by atoms with E-state index in [1.807, 2.05) is 26.0 Å². The van der Waals surface area contributed by atoms with Crippen LogP contribution in [0.25, 0.3) is 0 Å². The molecule has 9 heteroatoms. The van der Waals surface area contributed by atoms with Crippen LogP contribution in [0, 0.1) is 6.92 Å². The second-order valence-electron chi connectivity index (χ2n) is 8.29. The van der Waals surface area contributed by atoms with Crippen molar-refractivity contribution >= 4 is 21.6 Å². The number of aromatic nitrogens is 2. The van der Waals surface area contributed by atoms with Crippen LogP contribution in [0.4, 0.5) is 5.82 Å². The zero-order valence-electron chi connectivity index (χ0n) is 16.8. The number of nitrogens with zero attached hydrogens (tertiary/aromatic N) is 2. The molecule has 2 aliphatic rings. The van der Waals surface area contributed by atoms with Crippen LogP contribution >= 0.6 is 0 Å². The maximum Gasteiger partial charge on any atom is 0.263 e. The Morgan fingerprint density at radius 3 is 2.93 bits per heavy atom. The summed E-state index contributed by atoms with van der Waals surface area (Å²) in [4.78, 5) is 12.5. The molecule has 1 amide bonds. The molecule has 1 aromatic heterocycles. The Morgan fingerprint density at radius 1 is 1.41 bits per heavy atom. The summed E-state index contributed by atoms with van der Waals surface area (Å²) in [6.07, 6.45) is 1.28. The summed E-state index contributed by atoms with van der Waals surface area (Å²) in [6, 6.07) is 7.13. The predicted molar refractivity (Wildman–Crippen MR) is 108 cm³/mol. The second-order valence-corrected chi connectivity index (χ2v) is 10.5. The van der Waals surface area contributed by atoms with Crippen molar-refractivity contribution in [3.05, 3.63) is 35.5 Å². The minimum absolute atomic E-state index is 0.0385. The lowest BCUT2D eigenvalue weighted by Gasteiger charge is -2.18. The highest BCUT2D eigenvalue weighted by atomic mass is 32.2. The third-order valence-electron chi connectivity index (χ3n) is 5.09. The van der Waals surface area contributed by atoms with E-state index in [1.54, 1.807) is 23.7 Å².